The Hall–Kier alpha value is -2.37. The highest BCUT2D eigenvalue weighted by Gasteiger charge is 2.33. The lowest BCUT2D eigenvalue weighted by Crippen LogP contribution is -2.50. The van der Waals surface area contributed by atoms with Gasteiger partial charge in [0.15, 0.2) is 0 Å². The molecule has 27 heavy (non-hydrogen) atoms. The van der Waals surface area contributed by atoms with Crippen molar-refractivity contribution >= 4 is 34.7 Å². The maximum absolute atomic E-state index is 12.3. The molecule has 2 amide bonds. The first-order valence-electron chi connectivity index (χ1n) is 8.09. The SMILES string of the molecule is CCOC(=O)[C@H](CSC(=O)[C@H](C)NC(C)=O)NC(=O)C(C)(C)CO[N+](=O)[O-]. The number of esters is 1. The molecule has 0 aliphatic carbocycles. The summed E-state index contributed by atoms with van der Waals surface area (Å²) in [6, 6.07) is -1.92. The van der Waals surface area contributed by atoms with Gasteiger partial charge >= 0.3 is 5.97 Å². The zero-order valence-corrected chi connectivity index (χ0v) is 16.7. The van der Waals surface area contributed by atoms with Crippen LogP contribution in [0.25, 0.3) is 0 Å². The molecule has 0 aliphatic heterocycles. The van der Waals surface area contributed by atoms with Gasteiger partial charge in [-0.25, -0.2) is 4.79 Å². The van der Waals surface area contributed by atoms with E-state index >= 15 is 0 Å². The van der Waals surface area contributed by atoms with Gasteiger partial charge in [-0.1, -0.05) is 11.8 Å². The summed E-state index contributed by atoms with van der Waals surface area (Å²) < 4.78 is 4.89. The van der Waals surface area contributed by atoms with Gasteiger partial charge in [0.05, 0.1) is 18.1 Å². The molecule has 0 radical (unpaired) electrons. The molecule has 0 aromatic carbocycles. The van der Waals surface area contributed by atoms with Crippen molar-refractivity contribution in [2.45, 2.75) is 46.7 Å². The lowest BCUT2D eigenvalue weighted by molar-refractivity contribution is -0.760. The Kier molecular flexibility index (Phi) is 10.4. The fourth-order valence-electron chi connectivity index (χ4n) is 1.70. The molecule has 154 valence electrons. The van der Waals surface area contributed by atoms with Crippen LogP contribution in [0.2, 0.25) is 0 Å². The highest BCUT2D eigenvalue weighted by molar-refractivity contribution is 8.13. The number of carbonyl (C=O) groups excluding carboxylic acids is 4. The molecule has 0 aromatic rings. The second-order valence-corrected chi connectivity index (χ2v) is 7.24. The first-order chi connectivity index (χ1) is 12.4. The maximum Gasteiger partial charge on any atom is 0.329 e. The van der Waals surface area contributed by atoms with Crippen molar-refractivity contribution < 1.29 is 33.8 Å². The van der Waals surface area contributed by atoms with Gasteiger partial charge in [0, 0.05) is 12.7 Å². The third-order valence-electron chi connectivity index (χ3n) is 3.19. The van der Waals surface area contributed by atoms with Gasteiger partial charge in [-0.05, 0) is 27.7 Å². The van der Waals surface area contributed by atoms with E-state index in [1.807, 2.05) is 0 Å². The van der Waals surface area contributed by atoms with Crippen LogP contribution in [0.5, 0.6) is 0 Å². The van der Waals surface area contributed by atoms with Gasteiger partial charge in [0.25, 0.3) is 5.09 Å². The lowest BCUT2D eigenvalue weighted by atomic mass is 9.93. The minimum absolute atomic E-state index is 0.0694. The van der Waals surface area contributed by atoms with Crippen LogP contribution in [-0.2, 0) is 28.8 Å². The number of nitrogens with zero attached hydrogens (tertiary/aromatic N) is 1. The number of hydrogen-bond donors (Lipinski definition) is 2. The lowest BCUT2D eigenvalue weighted by Gasteiger charge is -2.25. The zero-order valence-electron chi connectivity index (χ0n) is 15.9. The molecule has 0 saturated heterocycles. The second kappa shape index (κ2) is 11.4. The van der Waals surface area contributed by atoms with E-state index in [1.165, 1.54) is 27.7 Å². The van der Waals surface area contributed by atoms with Crippen molar-refractivity contribution in [3.05, 3.63) is 10.1 Å². The average Bonchev–Trinajstić information content (AvgIpc) is 2.55. The molecule has 12 heteroatoms. The topological polar surface area (TPSA) is 154 Å². The third-order valence-corrected chi connectivity index (χ3v) is 4.33. The number of nitrogens with one attached hydrogen (secondary N) is 2. The third kappa shape index (κ3) is 9.78. The van der Waals surface area contributed by atoms with E-state index in [0.29, 0.717) is 0 Å². The molecule has 0 bridgehead atoms. The van der Waals surface area contributed by atoms with Gasteiger partial charge < -0.3 is 20.2 Å². The largest absolute Gasteiger partial charge is 0.464 e. The molecule has 0 aromatic heterocycles. The Bertz CT molecular complexity index is 581. The molecule has 0 aliphatic rings. The van der Waals surface area contributed by atoms with Crippen LogP contribution in [0.4, 0.5) is 0 Å². The fraction of sp³-hybridized carbons (Fsp3) is 0.733. The summed E-state index contributed by atoms with van der Waals surface area (Å²) in [7, 11) is 0. The molecule has 0 heterocycles. The molecular formula is C15H25N3O8S. The molecule has 0 fully saturated rings. The van der Waals surface area contributed by atoms with Crippen LogP contribution in [0.1, 0.15) is 34.6 Å². The first-order valence-corrected chi connectivity index (χ1v) is 9.08. The van der Waals surface area contributed by atoms with Gasteiger partial charge in [0.1, 0.15) is 12.6 Å². The van der Waals surface area contributed by atoms with Crippen molar-refractivity contribution in [1.82, 2.24) is 10.6 Å². The summed E-state index contributed by atoms with van der Waals surface area (Å²) in [5, 5.41) is 13.7. The van der Waals surface area contributed by atoms with E-state index in [4.69, 9.17) is 4.74 Å². The van der Waals surface area contributed by atoms with Crippen molar-refractivity contribution in [2.75, 3.05) is 19.0 Å². The number of carbonyl (C=O) groups is 4. The van der Waals surface area contributed by atoms with Crippen molar-refractivity contribution in [3.63, 3.8) is 0 Å². The number of hydrogen-bond acceptors (Lipinski definition) is 9. The van der Waals surface area contributed by atoms with Crippen LogP contribution in [-0.4, -0.2) is 59.0 Å². The van der Waals surface area contributed by atoms with Crippen molar-refractivity contribution in [2.24, 2.45) is 5.41 Å². The molecule has 2 atom stereocenters. The summed E-state index contributed by atoms with van der Waals surface area (Å²) in [5.74, 6) is -1.92. The number of ether oxygens (including phenoxy) is 1. The number of rotatable bonds is 11. The fourth-order valence-corrected chi connectivity index (χ4v) is 2.56. The summed E-state index contributed by atoms with van der Waals surface area (Å²) >= 11 is 0.751. The highest BCUT2D eigenvalue weighted by Crippen LogP contribution is 2.17. The van der Waals surface area contributed by atoms with E-state index < -0.39 is 46.2 Å². The predicted octanol–water partition coefficient (Wildman–Crippen LogP) is 0.0532. The van der Waals surface area contributed by atoms with Crippen molar-refractivity contribution in [3.8, 4) is 0 Å². The Morgan fingerprint density at radius 1 is 1.22 bits per heavy atom. The second-order valence-electron chi connectivity index (χ2n) is 6.21. The van der Waals surface area contributed by atoms with Crippen LogP contribution in [0.15, 0.2) is 0 Å². The van der Waals surface area contributed by atoms with Crippen LogP contribution >= 0.6 is 11.8 Å². The molecule has 0 rings (SSSR count). The number of thioether (sulfide) groups is 1. The quantitative estimate of drug-likeness (QED) is 0.275. The Morgan fingerprint density at radius 3 is 2.30 bits per heavy atom. The molecule has 0 saturated carbocycles. The van der Waals surface area contributed by atoms with Gasteiger partial charge in [0.2, 0.25) is 16.9 Å². The molecule has 11 nitrogen and oxygen atoms in total. The van der Waals surface area contributed by atoms with Gasteiger partial charge in [-0.2, -0.15) is 0 Å². The first kappa shape index (κ1) is 24.6. The highest BCUT2D eigenvalue weighted by atomic mass is 32.2. The normalized spacial score (nSPS) is 13.1. The molecular weight excluding hydrogens is 382 g/mol. The van der Waals surface area contributed by atoms with Gasteiger partial charge in [-0.3, -0.25) is 14.4 Å². The van der Waals surface area contributed by atoms with Crippen LogP contribution in [0.3, 0.4) is 0 Å². The summed E-state index contributed by atoms with van der Waals surface area (Å²) in [6.07, 6.45) is 0. The molecule has 0 spiro atoms. The summed E-state index contributed by atoms with van der Waals surface area (Å²) in [4.78, 5) is 62.0. The van der Waals surface area contributed by atoms with Gasteiger partial charge in [-0.15, -0.1) is 10.1 Å². The van der Waals surface area contributed by atoms with Crippen molar-refractivity contribution in [1.29, 1.82) is 0 Å². The van der Waals surface area contributed by atoms with Crippen LogP contribution < -0.4 is 10.6 Å². The van der Waals surface area contributed by atoms with E-state index in [-0.39, 0.29) is 18.3 Å². The Balaban J connectivity index is 4.97. The smallest absolute Gasteiger partial charge is 0.329 e. The van der Waals surface area contributed by atoms with E-state index in [9.17, 15) is 29.3 Å². The predicted molar refractivity (Wildman–Crippen MR) is 96.0 cm³/mol. The molecule has 2 N–H and O–H groups in total. The Morgan fingerprint density at radius 2 is 1.81 bits per heavy atom. The summed E-state index contributed by atoms with van der Waals surface area (Å²) in [5.41, 5.74) is -1.30. The van der Waals surface area contributed by atoms with E-state index in [2.05, 4.69) is 15.5 Å². The average molecular weight is 407 g/mol. The van der Waals surface area contributed by atoms with E-state index in [0.717, 1.165) is 11.8 Å². The minimum atomic E-state index is -1.30. The maximum atomic E-state index is 12.3. The summed E-state index contributed by atoms with van der Waals surface area (Å²) in [6.45, 7) is 6.73. The van der Waals surface area contributed by atoms with E-state index in [1.54, 1.807) is 6.92 Å². The monoisotopic (exact) mass is 407 g/mol. The standard InChI is InChI=1S/C15H25N3O8S/c1-6-25-12(20)11(7-27-13(21)9(2)16-10(3)19)17-14(22)15(4,5)8-26-18(23)24/h9,11H,6-8H2,1-5H3,(H,16,19)(H,17,22)/t9-,11-/m0/s1. The zero-order chi connectivity index (χ0) is 21.2. The minimum Gasteiger partial charge on any atom is -0.464 e. The Labute approximate surface area is 161 Å². The number of amides is 2. The molecule has 0 unspecified atom stereocenters. The van der Waals surface area contributed by atoms with Crippen LogP contribution in [0, 0.1) is 15.5 Å².